The summed E-state index contributed by atoms with van der Waals surface area (Å²) in [6, 6.07) is 3.82. The molecule has 2 saturated carbocycles. The molecular weight excluding hydrogens is 406 g/mol. The lowest BCUT2D eigenvalue weighted by molar-refractivity contribution is 0.101. The maximum absolute atomic E-state index is 12.4. The van der Waals surface area contributed by atoms with E-state index in [9.17, 15) is 4.79 Å². The largest absolute Gasteiger partial charge is 0.489 e. The zero-order valence-corrected chi connectivity index (χ0v) is 19.7. The molecule has 2 aliphatic rings. The van der Waals surface area contributed by atoms with Crippen molar-refractivity contribution in [2.75, 3.05) is 13.6 Å². The zero-order valence-electron chi connectivity index (χ0n) is 19.7. The molecule has 0 unspecified atom stereocenters. The molecule has 8 nitrogen and oxygen atoms in total. The van der Waals surface area contributed by atoms with Crippen LogP contribution in [0.2, 0.25) is 0 Å². The fourth-order valence-electron chi connectivity index (χ4n) is 4.56. The maximum atomic E-state index is 12.4. The molecule has 0 aliphatic heterocycles. The van der Waals surface area contributed by atoms with Crippen molar-refractivity contribution in [3.63, 3.8) is 0 Å². The summed E-state index contributed by atoms with van der Waals surface area (Å²) < 4.78 is 13.3. The fourth-order valence-corrected chi connectivity index (χ4v) is 4.56. The van der Waals surface area contributed by atoms with Gasteiger partial charge in [-0.25, -0.2) is 9.48 Å². The van der Waals surface area contributed by atoms with Crippen molar-refractivity contribution in [1.29, 1.82) is 0 Å². The van der Waals surface area contributed by atoms with Gasteiger partial charge in [0.1, 0.15) is 23.7 Å². The Hall–Kier alpha value is -2.64. The molecule has 8 heteroatoms. The van der Waals surface area contributed by atoms with Gasteiger partial charge in [0.25, 0.3) is 0 Å². The fraction of sp³-hybridized carbons (Fsp3) is 0.667. The van der Waals surface area contributed by atoms with E-state index in [1.165, 1.54) is 38.5 Å². The van der Waals surface area contributed by atoms with E-state index >= 15 is 0 Å². The van der Waals surface area contributed by atoms with Crippen LogP contribution >= 0.6 is 0 Å². The first-order valence-electron chi connectivity index (χ1n) is 11.8. The van der Waals surface area contributed by atoms with E-state index in [1.807, 2.05) is 12.1 Å². The summed E-state index contributed by atoms with van der Waals surface area (Å²) in [4.78, 5) is 18.6. The first-order chi connectivity index (χ1) is 15.4. The second kappa shape index (κ2) is 9.88. The summed E-state index contributed by atoms with van der Waals surface area (Å²) in [5.74, 6) is 2.67. The standard InChI is InChI=1S/C24H35N5O3/c1-16-12-19(16)14-28(3)24(30)31-15-22-23(26-27-29(22)4)21-11-10-20(13-25-21)32-17(2)18-8-6-5-7-9-18/h10-11,13,16-19H,5-9,12,14-15H2,1-4H3/t16-,17-,19+/m0/s1. The predicted molar refractivity (Wildman–Crippen MR) is 121 cm³/mol. The topological polar surface area (TPSA) is 82.4 Å². The van der Waals surface area contributed by atoms with Gasteiger partial charge in [-0.05, 0) is 56.1 Å². The molecule has 0 bridgehead atoms. The quantitative estimate of drug-likeness (QED) is 0.602. The van der Waals surface area contributed by atoms with Crippen LogP contribution in [-0.2, 0) is 18.4 Å². The van der Waals surface area contributed by atoms with Crippen LogP contribution in [0.5, 0.6) is 5.75 Å². The third-order valence-corrected chi connectivity index (χ3v) is 6.99. The average Bonchev–Trinajstić information content (AvgIpc) is 3.37. The number of carbonyl (C=O) groups excluding carboxylic acids is 1. The third-order valence-electron chi connectivity index (χ3n) is 6.99. The summed E-state index contributed by atoms with van der Waals surface area (Å²) >= 11 is 0. The van der Waals surface area contributed by atoms with Crippen molar-refractivity contribution in [3.05, 3.63) is 24.0 Å². The Bertz CT molecular complexity index is 907. The van der Waals surface area contributed by atoms with Crippen LogP contribution in [0.4, 0.5) is 4.79 Å². The van der Waals surface area contributed by atoms with Crippen LogP contribution in [0, 0.1) is 17.8 Å². The van der Waals surface area contributed by atoms with Gasteiger partial charge < -0.3 is 14.4 Å². The highest BCUT2D eigenvalue weighted by atomic mass is 16.6. The minimum Gasteiger partial charge on any atom is -0.489 e. The Labute approximate surface area is 190 Å². The second-order valence-electron chi connectivity index (χ2n) is 9.52. The average molecular weight is 442 g/mol. The number of nitrogens with zero attached hydrogens (tertiary/aromatic N) is 5. The predicted octanol–water partition coefficient (Wildman–Crippen LogP) is 4.45. The molecule has 1 amide bonds. The summed E-state index contributed by atoms with van der Waals surface area (Å²) in [5, 5.41) is 8.35. The van der Waals surface area contributed by atoms with Gasteiger partial charge in [0.15, 0.2) is 0 Å². The van der Waals surface area contributed by atoms with Crippen molar-refractivity contribution >= 4 is 6.09 Å². The summed E-state index contributed by atoms with van der Waals surface area (Å²) in [6.07, 6.45) is 9.19. The molecule has 3 atom stereocenters. The number of hydrogen-bond acceptors (Lipinski definition) is 6. The van der Waals surface area contributed by atoms with E-state index in [-0.39, 0.29) is 18.8 Å². The molecule has 174 valence electrons. The molecule has 0 aromatic carbocycles. The van der Waals surface area contributed by atoms with Crippen LogP contribution in [0.1, 0.15) is 58.1 Å². The zero-order chi connectivity index (χ0) is 22.7. The molecule has 0 N–H and O–H groups in total. The van der Waals surface area contributed by atoms with Crippen molar-refractivity contribution in [3.8, 4) is 17.1 Å². The highest BCUT2D eigenvalue weighted by molar-refractivity contribution is 5.67. The summed E-state index contributed by atoms with van der Waals surface area (Å²) in [7, 11) is 3.57. The Morgan fingerprint density at radius 2 is 2.03 bits per heavy atom. The van der Waals surface area contributed by atoms with Crippen LogP contribution in [0.15, 0.2) is 18.3 Å². The molecule has 2 aromatic heterocycles. The van der Waals surface area contributed by atoms with Crippen LogP contribution in [0.3, 0.4) is 0 Å². The molecule has 0 spiro atoms. The lowest BCUT2D eigenvalue weighted by Crippen LogP contribution is -2.29. The number of hydrogen-bond donors (Lipinski definition) is 0. The second-order valence-corrected chi connectivity index (χ2v) is 9.52. The number of aryl methyl sites for hydroxylation is 1. The Morgan fingerprint density at radius 3 is 2.69 bits per heavy atom. The molecule has 2 heterocycles. The molecule has 4 rings (SSSR count). The smallest absolute Gasteiger partial charge is 0.409 e. The van der Waals surface area contributed by atoms with Gasteiger partial charge in [-0.3, -0.25) is 4.98 Å². The SMILES string of the molecule is C[C@H](Oc1ccc(-c2nnn(C)c2COC(=O)N(C)C[C@H]2C[C@@H]2C)nc1)C1CCCCC1. The number of amides is 1. The highest BCUT2D eigenvalue weighted by Crippen LogP contribution is 2.38. The van der Waals surface area contributed by atoms with Gasteiger partial charge in [-0.15, -0.1) is 5.10 Å². The Balaban J connectivity index is 1.36. The normalized spacial score (nSPS) is 21.8. The van der Waals surface area contributed by atoms with Gasteiger partial charge in [0, 0.05) is 20.6 Å². The third kappa shape index (κ3) is 5.40. The van der Waals surface area contributed by atoms with E-state index in [1.54, 1.807) is 29.9 Å². The minimum absolute atomic E-state index is 0.0981. The Kier molecular flexibility index (Phi) is 6.96. The van der Waals surface area contributed by atoms with Gasteiger partial charge in [-0.2, -0.15) is 0 Å². The number of ether oxygens (including phenoxy) is 2. The summed E-state index contributed by atoms with van der Waals surface area (Å²) in [5.41, 5.74) is 2.01. The molecule has 2 fully saturated rings. The van der Waals surface area contributed by atoms with Crippen molar-refractivity contribution in [2.45, 2.75) is 65.1 Å². The van der Waals surface area contributed by atoms with Crippen LogP contribution < -0.4 is 4.74 Å². The van der Waals surface area contributed by atoms with Crippen molar-refractivity contribution < 1.29 is 14.3 Å². The van der Waals surface area contributed by atoms with Crippen molar-refractivity contribution in [1.82, 2.24) is 24.9 Å². The summed E-state index contributed by atoms with van der Waals surface area (Å²) in [6.45, 7) is 5.19. The van der Waals surface area contributed by atoms with Crippen LogP contribution in [-0.4, -0.2) is 50.7 Å². The lowest BCUT2D eigenvalue weighted by Gasteiger charge is -2.28. The first-order valence-corrected chi connectivity index (χ1v) is 11.8. The van der Waals surface area contributed by atoms with Gasteiger partial charge in [-0.1, -0.05) is 31.4 Å². The number of pyridine rings is 1. The van der Waals surface area contributed by atoms with E-state index in [4.69, 9.17) is 9.47 Å². The molecular formula is C24H35N5O3. The number of aromatic nitrogens is 4. The number of rotatable bonds is 8. The van der Waals surface area contributed by atoms with Gasteiger partial charge in [0.2, 0.25) is 0 Å². The monoisotopic (exact) mass is 441 g/mol. The Morgan fingerprint density at radius 1 is 1.28 bits per heavy atom. The van der Waals surface area contributed by atoms with E-state index in [0.29, 0.717) is 34.8 Å². The van der Waals surface area contributed by atoms with Gasteiger partial charge >= 0.3 is 6.09 Å². The van der Waals surface area contributed by atoms with E-state index in [2.05, 4.69) is 29.1 Å². The highest BCUT2D eigenvalue weighted by Gasteiger charge is 2.34. The number of carbonyl (C=O) groups is 1. The van der Waals surface area contributed by atoms with E-state index < -0.39 is 0 Å². The molecule has 0 radical (unpaired) electrons. The molecule has 2 aromatic rings. The van der Waals surface area contributed by atoms with Crippen molar-refractivity contribution in [2.24, 2.45) is 24.8 Å². The van der Waals surface area contributed by atoms with Crippen LogP contribution in [0.25, 0.3) is 11.4 Å². The molecule has 2 aliphatic carbocycles. The first kappa shape index (κ1) is 22.6. The molecule has 32 heavy (non-hydrogen) atoms. The maximum Gasteiger partial charge on any atom is 0.409 e. The van der Waals surface area contributed by atoms with Gasteiger partial charge in [0.05, 0.1) is 18.0 Å². The minimum atomic E-state index is -0.329. The molecule has 0 saturated heterocycles. The lowest BCUT2D eigenvalue weighted by atomic mass is 9.86. The van der Waals surface area contributed by atoms with E-state index in [0.717, 1.165) is 12.3 Å².